The molecule has 1 aromatic heterocycles. The molecular weight excluding hydrogens is 349 g/mol. The fraction of sp³-hybridized carbons (Fsp3) is 0.333. The summed E-state index contributed by atoms with van der Waals surface area (Å²) in [5.41, 5.74) is 0.259. The predicted octanol–water partition coefficient (Wildman–Crippen LogP) is 2.83. The van der Waals surface area contributed by atoms with Gasteiger partial charge in [-0.1, -0.05) is 12.1 Å². The summed E-state index contributed by atoms with van der Waals surface area (Å²) in [6, 6.07) is 6.18. The SMILES string of the molecule is O=C(Cc1ccc(C(F)(F)F)cc1)N1CCN(C(=O)c2ccoc2)CC1. The highest BCUT2D eigenvalue weighted by Gasteiger charge is 2.30. The third-order valence-corrected chi connectivity index (χ3v) is 4.32. The molecule has 0 spiro atoms. The van der Waals surface area contributed by atoms with Crippen LogP contribution >= 0.6 is 0 Å². The Morgan fingerprint density at radius 3 is 2.12 bits per heavy atom. The van der Waals surface area contributed by atoms with Gasteiger partial charge in [0.25, 0.3) is 5.91 Å². The fourth-order valence-corrected chi connectivity index (χ4v) is 2.83. The van der Waals surface area contributed by atoms with Crippen LogP contribution in [0.25, 0.3) is 0 Å². The molecule has 26 heavy (non-hydrogen) atoms. The maximum Gasteiger partial charge on any atom is 0.416 e. The van der Waals surface area contributed by atoms with E-state index in [0.717, 1.165) is 12.1 Å². The van der Waals surface area contributed by atoms with Crippen LogP contribution in [0.3, 0.4) is 0 Å². The quantitative estimate of drug-likeness (QED) is 0.839. The van der Waals surface area contributed by atoms with Gasteiger partial charge in [0.15, 0.2) is 0 Å². The van der Waals surface area contributed by atoms with Gasteiger partial charge in [-0.3, -0.25) is 9.59 Å². The molecule has 0 aliphatic carbocycles. The van der Waals surface area contributed by atoms with Crippen molar-refractivity contribution in [2.45, 2.75) is 12.6 Å². The molecule has 0 saturated carbocycles. The zero-order valence-electron chi connectivity index (χ0n) is 13.8. The second kappa shape index (κ2) is 7.23. The number of carbonyl (C=O) groups is 2. The normalized spacial score (nSPS) is 15.2. The summed E-state index contributed by atoms with van der Waals surface area (Å²) >= 11 is 0. The first kappa shape index (κ1) is 18.0. The van der Waals surface area contributed by atoms with Crippen LogP contribution < -0.4 is 0 Å². The molecule has 0 radical (unpaired) electrons. The Kier molecular flexibility index (Phi) is 5.01. The van der Waals surface area contributed by atoms with E-state index in [-0.39, 0.29) is 18.2 Å². The van der Waals surface area contributed by atoms with Gasteiger partial charge in [-0.05, 0) is 23.8 Å². The van der Waals surface area contributed by atoms with Gasteiger partial charge >= 0.3 is 6.18 Å². The molecule has 1 aliphatic heterocycles. The number of alkyl halides is 3. The van der Waals surface area contributed by atoms with Crippen molar-refractivity contribution in [2.24, 2.45) is 0 Å². The van der Waals surface area contributed by atoms with E-state index in [1.807, 2.05) is 0 Å². The third-order valence-electron chi connectivity index (χ3n) is 4.32. The highest BCUT2D eigenvalue weighted by atomic mass is 19.4. The second-order valence-electron chi connectivity index (χ2n) is 6.06. The molecule has 5 nitrogen and oxygen atoms in total. The van der Waals surface area contributed by atoms with Gasteiger partial charge in [-0.15, -0.1) is 0 Å². The lowest BCUT2D eigenvalue weighted by Gasteiger charge is -2.34. The van der Waals surface area contributed by atoms with Crippen LogP contribution in [-0.4, -0.2) is 47.8 Å². The minimum atomic E-state index is -4.39. The lowest BCUT2D eigenvalue weighted by molar-refractivity contribution is -0.137. The van der Waals surface area contributed by atoms with E-state index in [1.54, 1.807) is 15.9 Å². The van der Waals surface area contributed by atoms with Gasteiger partial charge in [-0.25, -0.2) is 0 Å². The predicted molar refractivity (Wildman–Crippen MR) is 86.3 cm³/mol. The van der Waals surface area contributed by atoms with E-state index in [2.05, 4.69) is 0 Å². The average Bonchev–Trinajstić information content (AvgIpc) is 3.15. The van der Waals surface area contributed by atoms with E-state index < -0.39 is 11.7 Å². The van der Waals surface area contributed by atoms with Crippen molar-refractivity contribution in [2.75, 3.05) is 26.2 Å². The molecule has 3 rings (SSSR count). The number of rotatable bonds is 3. The highest BCUT2D eigenvalue weighted by molar-refractivity contribution is 5.94. The molecule has 8 heteroatoms. The summed E-state index contributed by atoms with van der Waals surface area (Å²) in [7, 11) is 0. The smallest absolute Gasteiger partial charge is 0.416 e. The van der Waals surface area contributed by atoms with Crippen LogP contribution in [0.1, 0.15) is 21.5 Å². The Hall–Kier alpha value is -2.77. The molecule has 1 fully saturated rings. The molecule has 2 amide bonds. The number of hydrogen-bond acceptors (Lipinski definition) is 3. The first-order chi connectivity index (χ1) is 12.3. The Morgan fingerprint density at radius 1 is 0.962 bits per heavy atom. The monoisotopic (exact) mass is 366 g/mol. The van der Waals surface area contributed by atoms with Crippen LogP contribution in [0.5, 0.6) is 0 Å². The molecular formula is C18H17F3N2O3. The number of carbonyl (C=O) groups excluding carboxylic acids is 2. The van der Waals surface area contributed by atoms with Crippen molar-refractivity contribution >= 4 is 11.8 Å². The van der Waals surface area contributed by atoms with Crippen LogP contribution in [-0.2, 0) is 17.4 Å². The molecule has 2 heterocycles. The third kappa shape index (κ3) is 4.07. The van der Waals surface area contributed by atoms with Crippen molar-refractivity contribution in [1.29, 1.82) is 0 Å². The first-order valence-electron chi connectivity index (χ1n) is 8.10. The van der Waals surface area contributed by atoms with E-state index in [4.69, 9.17) is 4.42 Å². The number of piperazine rings is 1. The maximum absolute atomic E-state index is 12.6. The number of furan rings is 1. The van der Waals surface area contributed by atoms with E-state index in [9.17, 15) is 22.8 Å². The van der Waals surface area contributed by atoms with Gasteiger partial charge in [0.2, 0.25) is 5.91 Å². The standard InChI is InChI=1S/C18H17F3N2O3/c19-18(20,21)15-3-1-13(2-4-15)11-16(24)22-6-8-23(9-7-22)17(25)14-5-10-26-12-14/h1-5,10,12H,6-9,11H2. The van der Waals surface area contributed by atoms with Gasteiger partial charge < -0.3 is 14.2 Å². The number of benzene rings is 1. The summed E-state index contributed by atoms with van der Waals surface area (Å²) < 4.78 is 42.6. The average molecular weight is 366 g/mol. The van der Waals surface area contributed by atoms with Crippen molar-refractivity contribution in [1.82, 2.24) is 9.80 Å². The lowest BCUT2D eigenvalue weighted by Crippen LogP contribution is -2.50. The molecule has 0 atom stereocenters. The Morgan fingerprint density at radius 2 is 1.58 bits per heavy atom. The molecule has 138 valence electrons. The molecule has 1 aromatic carbocycles. The second-order valence-corrected chi connectivity index (χ2v) is 6.06. The highest BCUT2D eigenvalue weighted by Crippen LogP contribution is 2.29. The van der Waals surface area contributed by atoms with Crippen LogP contribution in [0.4, 0.5) is 13.2 Å². The van der Waals surface area contributed by atoms with Crippen LogP contribution in [0.2, 0.25) is 0 Å². The first-order valence-corrected chi connectivity index (χ1v) is 8.10. The summed E-state index contributed by atoms with van der Waals surface area (Å²) in [5, 5.41) is 0. The molecule has 0 bridgehead atoms. The summed E-state index contributed by atoms with van der Waals surface area (Å²) in [4.78, 5) is 27.8. The maximum atomic E-state index is 12.6. The van der Waals surface area contributed by atoms with Gasteiger partial charge in [0.05, 0.1) is 23.8 Å². The van der Waals surface area contributed by atoms with Crippen LogP contribution in [0.15, 0.2) is 47.3 Å². The summed E-state index contributed by atoms with van der Waals surface area (Å²) in [6.45, 7) is 1.59. The zero-order valence-corrected chi connectivity index (χ0v) is 13.8. The van der Waals surface area contributed by atoms with Crippen molar-refractivity contribution in [3.8, 4) is 0 Å². The topological polar surface area (TPSA) is 53.8 Å². The lowest BCUT2D eigenvalue weighted by atomic mass is 10.1. The van der Waals surface area contributed by atoms with E-state index in [1.165, 1.54) is 24.7 Å². The number of hydrogen-bond donors (Lipinski definition) is 0. The zero-order chi connectivity index (χ0) is 18.7. The van der Waals surface area contributed by atoms with Gasteiger partial charge in [0.1, 0.15) is 6.26 Å². The van der Waals surface area contributed by atoms with Gasteiger partial charge in [0, 0.05) is 26.2 Å². The molecule has 0 unspecified atom stereocenters. The molecule has 1 saturated heterocycles. The molecule has 1 aliphatic rings. The fourth-order valence-electron chi connectivity index (χ4n) is 2.83. The number of amides is 2. The Balaban J connectivity index is 1.53. The number of nitrogens with zero attached hydrogens (tertiary/aromatic N) is 2. The van der Waals surface area contributed by atoms with E-state index in [0.29, 0.717) is 37.3 Å². The van der Waals surface area contributed by atoms with Crippen molar-refractivity contribution in [3.63, 3.8) is 0 Å². The Labute approximate surface area is 148 Å². The minimum absolute atomic E-state index is 0.0355. The van der Waals surface area contributed by atoms with E-state index >= 15 is 0 Å². The van der Waals surface area contributed by atoms with Crippen LogP contribution in [0, 0.1) is 0 Å². The van der Waals surface area contributed by atoms with Gasteiger partial charge in [-0.2, -0.15) is 13.2 Å². The van der Waals surface area contributed by atoms with Crippen molar-refractivity contribution in [3.05, 3.63) is 59.5 Å². The minimum Gasteiger partial charge on any atom is -0.472 e. The summed E-state index contributed by atoms with van der Waals surface area (Å²) in [6.07, 6.45) is -1.55. The molecule has 2 aromatic rings. The number of halogens is 3. The largest absolute Gasteiger partial charge is 0.472 e. The Bertz CT molecular complexity index is 762. The summed E-state index contributed by atoms with van der Waals surface area (Å²) in [5.74, 6) is -0.311. The molecule has 0 N–H and O–H groups in total. The van der Waals surface area contributed by atoms with Crippen molar-refractivity contribution < 1.29 is 27.2 Å².